The van der Waals surface area contributed by atoms with E-state index in [1.54, 1.807) is 17.9 Å². The maximum atomic E-state index is 12.7. The van der Waals surface area contributed by atoms with Gasteiger partial charge in [0, 0.05) is 19.2 Å². The third kappa shape index (κ3) is 2.81. The summed E-state index contributed by atoms with van der Waals surface area (Å²) >= 11 is 0. The third-order valence-electron chi connectivity index (χ3n) is 3.93. The Morgan fingerprint density at radius 1 is 1.35 bits per heavy atom. The Labute approximate surface area is 129 Å². The van der Waals surface area contributed by atoms with Crippen LogP contribution < -0.4 is 0 Å². The average Bonchev–Trinajstić information content (AvgIpc) is 3.07. The minimum absolute atomic E-state index is 0.0705. The van der Waals surface area contributed by atoms with Crippen molar-refractivity contribution in [3.05, 3.63) is 52.8 Å². The molecular weight excluding hydrogens is 311 g/mol. The van der Waals surface area contributed by atoms with Gasteiger partial charge < -0.3 is 10.0 Å². The molecule has 0 fully saturated rings. The number of fused-ring (bicyclic) bond motifs is 1. The molecule has 1 amide bonds. The molecular formula is C15H14F3N3O2. The highest BCUT2D eigenvalue weighted by molar-refractivity contribution is 5.82. The van der Waals surface area contributed by atoms with Crippen molar-refractivity contribution < 1.29 is 23.1 Å². The Balaban J connectivity index is 1.79. The molecule has 0 saturated carbocycles. The summed E-state index contributed by atoms with van der Waals surface area (Å²) < 4.78 is 39.8. The lowest BCUT2D eigenvalue weighted by Crippen LogP contribution is -2.31. The number of aliphatic hydroxyl groups is 1. The van der Waals surface area contributed by atoms with Crippen molar-refractivity contribution >= 4 is 5.91 Å². The Bertz CT molecular complexity index is 755. The van der Waals surface area contributed by atoms with Gasteiger partial charge in [-0.15, -0.1) is 0 Å². The van der Waals surface area contributed by atoms with Crippen LogP contribution in [0.1, 0.15) is 28.5 Å². The van der Waals surface area contributed by atoms with E-state index in [1.165, 1.54) is 17.0 Å². The average molecular weight is 325 g/mol. The van der Waals surface area contributed by atoms with Crippen LogP contribution in [0.2, 0.25) is 0 Å². The number of benzene rings is 1. The van der Waals surface area contributed by atoms with Crippen LogP contribution in [0.15, 0.2) is 30.5 Å². The number of carbonyl (C=O) groups excluding carboxylic acids is 1. The van der Waals surface area contributed by atoms with E-state index >= 15 is 0 Å². The van der Waals surface area contributed by atoms with E-state index in [2.05, 4.69) is 5.10 Å². The van der Waals surface area contributed by atoms with Gasteiger partial charge in [-0.25, -0.2) is 0 Å². The zero-order valence-electron chi connectivity index (χ0n) is 12.2. The number of aliphatic hydroxyl groups excluding tert-OH is 1. The zero-order valence-corrected chi connectivity index (χ0v) is 12.2. The first kappa shape index (κ1) is 15.5. The molecule has 0 aliphatic carbocycles. The molecule has 122 valence electrons. The minimum Gasteiger partial charge on any atom is -0.378 e. The molecule has 1 aliphatic rings. The number of carbonyl (C=O) groups is 1. The van der Waals surface area contributed by atoms with Crippen molar-refractivity contribution in [3.8, 4) is 0 Å². The summed E-state index contributed by atoms with van der Waals surface area (Å²) in [6.45, 7) is 0.568. The lowest BCUT2D eigenvalue weighted by molar-refractivity contribution is -0.142. The number of aryl methyl sites for hydroxylation is 1. The monoisotopic (exact) mass is 325 g/mol. The lowest BCUT2D eigenvalue weighted by Gasteiger charge is -2.20. The number of aromatic nitrogens is 2. The molecule has 23 heavy (non-hydrogen) atoms. The van der Waals surface area contributed by atoms with Gasteiger partial charge in [0.15, 0.2) is 6.10 Å². The fourth-order valence-corrected chi connectivity index (χ4v) is 2.64. The summed E-state index contributed by atoms with van der Waals surface area (Å²) in [7, 11) is 1.75. The summed E-state index contributed by atoms with van der Waals surface area (Å²) in [6.07, 6.45) is -4.51. The van der Waals surface area contributed by atoms with Crippen LogP contribution in [0, 0.1) is 0 Å². The normalized spacial score (nSPS) is 15.6. The van der Waals surface area contributed by atoms with Crippen LogP contribution >= 0.6 is 0 Å². The first-order valence-electron chi connectivity index (χ1n) is 6.91. The summed E-state index contributed by atoms with van der Waals surface area (Å²) in [4.78, 5) is 13.7. The van der Waals surface area contributed by atoms with E-state index in [0.29, 0.717) is 0 Å². The topological polar surface area (TPSA) is 58.4 Å². The second-order valence-electron chi connectivity index (χ2n) is 5.46. The van der Waals surface area contributed by atoms with E-state index in [-0.39, 0.29) is 18.7 Å². The molecule has 1 unspecified atom stereocenters. The standard InChI is InChI=1S/C15H14F3N3O2/c1-20-12-8-21(7-10(12)6-19-20)14(23)13(22)9-3-2-4-11(5-9)15(16,17)18/h2-6,13,22H,7-8H2,1H3. The Kier molecular flexibility index (Phi) is 3.63. The molecule has 0 spiro atoms. The Morgan fingerprint density at radius 2 is 2.09 bits per heavy atom. The first-order chi connectivity index (χ1) is 10.8. The highest BCUT2D eigenvalue weighted by Crippen LogP contribution is 2.32. The summed E-state index contributed by atoms with van der Waals surface area (Å²) in [5.41, 5.74) is 0.765. The van der Waals surface area contributed by atoms with Gasteiger partial charge >= 0.3 is 6.18 Å². The van der Waals surface area contributed by atoms with Crippen molar-refractivity contribution in [2.75, 3.05) is 0 Å². The van der Waals surface area contributed by atoms with Gasteiger partial charge in [0.05, 0.1) is 24.0 Å². The molecule has 1 aliphatic heterocycles. The fraction of sp³-hybridized carbons (Fsp3) is 0.333. The van der Waals surface area contributed by atoms with Crippen molar-refractivity contribution in [1.82, 2.24) is 14.7 Å². The van der Waals surface area contributed by atoms with E-state index in [9.17, 15) is 23.1 Å². The summed E-state index contributed by atoms with van der Waals surface area (Å²) in [5, 5.41) is 14.2. The number of hydrogen-bond acceptors (Lipinski definition) is 3. The zero-order chi connectivity index (χ0) is 16.8. The van der Waals surface area contributed by atoms with Crippen molar-refractivity contribution in [1.29, 1.82) is 0 Å². The van der Waals surface area contributed by atoms with Crippen LogP contribution in [0.3, 0.4) is 0 Å². The number of nitrogens with zero attached hydrogens (tertiary/aromatic N) is 3. The van der Waals surface area contributed by atoms with E-state index in [4.69, 9.17) is 0 Å². The van der Waals surface area contributed by atoms with Crippen molar-refractivity contribution in [3.63, 3.8) is 0 Å². The minimum atomic E-state index is -4.52. The van der Waals surface area contributed by atoms with Crippen LogP contribution in [-0.4, -0.2) is 25.7 Å². The van der Waals surface area contributed by atoms with Crippen LogP contribution in [-0.2, 0) is 31.1 Å². The van der Waals surface area contributed by atoms with Gasteiger partial charge in [0.2, 0.25) is 0 Å². The fourth-order valence-electron chi connectivity index (χ4n) is 2.64. The predicted octanol–water partition coefficient (Wildman–Crippen LogP) is 2.01. The molecule has 1 aromatic carbocycles. The second-order valence-corrected chi connectivity index (χ2v) is 5.46. The quantitative estimate of drug-likeness (QED) is 0.919. The van der Waals surface area contributed by atoms with Gasteiger partial charge in [-0.3, -0.25) is 9.48 Å². The molecule has 2 aromatic rings. The van der Waals surface area contributed by atoms with Crippen molar-refractivity contribution in [2.24, 2.45) is 7.05 Å². The number of halogens is 3. The van der Waals surface area contributed by atoms with Crippen molar-refractivity contribution in [2.45, 2.75) is 25.4 Å². The third-order valence-corrected chi connectivity index (χ3v) is 3.93. The largest absolute Gasteiger partial charge is 0.416 e. The highest BCUT2D eigenvalue weighted by Gasteiger charge is 2.34. The van der Waals surface area contributed by atoms with E-state index in [0.717, 1.165) is 23.4 Å². The maximum Gasteiger partial charge on any atom is 0.416 e. The van der Waals surface area contributed by atoms with Crippen LogP contribution in [0.25, 0.3) is 0 Å². The van der Waals surface area contributed by atoms with Gasteiger partial charge in [-0.1, -0.05) is 12.1 Å². The molecule has 0 radical (unpaired) electrons. The smallest absolute Gasteiger partial charge is 0.378 e. The number of hydrogen-bond donors (Lipinski definition) is 1. The maximum absolute atomic E-state index is 12.7. The Morgan fingerprint density at radius 3 is 2.74 bits per heavy atom. The number of alkyl halides is 3. The van der Waals surface area contributed by atoms with Gasteiger partial charge in [0.25, 0.3) is 5.91 Å². The molecule has 1 N–H and O–H groups in total. The molecule has 0 bridgehead atoms. The number of amides is 1. The first-order valence-corrected chi connectivity index (χ1v) is 6.91. The molecule has 8 heteroatoms. The predicted molar refractivity (Wildman–Crippen MR) is 73.9 cm³/mol. The lowest BCUT2D eigenvalue weighted by atomic mass is 10.0. The van der Waals surface area contributed by atoms with E-state index < -0.39 is 23.8 Å². The number of rotatable bonds is 2. The van der Waals surface area contributed by atoms with Crippen LogP contribution in [0.5, 0.6) is 0 Å². The summed E-state index contributed by atoms with van der Waals surface area (Å²) in [5.74, 6) is -0.625. The molecule has 1 aromatic heterocycles. The second kappa shape index (κ2) is 5.38. The Hall–Kier alpha value is -2.35. The van der Waals surface area contributed by atoms with Gasteiger partial charge in [-0.2, -0.15) is 18.3 Å². The molecule has 0 saturated heterocycles. The molecule has 3 rings (SSSR count). The van der Waals surface area contributed by atoms with Crippen LogP contribution in [0.4, 0.5) is 13.2 Å². The van der Waals surface area contributed by atoms with Gasteiger partial charge in [-0.05, 0) is 17.7 Å². The molecule has 5 nitrogen and oxygen atoms in total. The molecule has 2 heterocycles. The SMILES string of the molecule is Cn1ncc2c1CN(C(=O)C(O)c1cccc(C(F)(F)F)c1)C2. The highest BCUT2D eigenvalue weighted by atomic mass is 19.4. The van der Waals surface area contributed by atoms with Gasteiger partial charge in [0.1, 0.15) is 0 Å². The van der Waals surface area contributed by atoms with E-state index in [1.807, 2.05) is 0 Å². The summed E-state index contributed by atoms with van der Waals surface area (Å²) in [6, 6.07) is 4.19. The molecule has 1 atom stereocenters.